The topological polar surface area (TPSA) is 58.9 Å². The number of aliphatic hydroxyl groups is 2. The van der Waals surface area contributed by atoms with Gasteiger partial charge in [-0.1, -0.05) is 0 Å². The second-order valence-electron chi connectivity index (χ2n) is 2.17. The maximum atomic E-state index is 8.80. The van der Waals surface area contributed by atoms with Gasteiger partial charge in [0.05, 0.1) is 0 Å². The van der Waals surface area contributed by atoms with Gasteiger partial charge in [-0.25, -0.2) is 0 Å². The zero-order valence-electron chi connectivity index (χ0n) is 5.20. The van der Waals surface area contributed by atoms with E-state index in [4.69, 9.17) is 19.7 Å². The molecule has 1 fully saturated rings. The highest BCUT2D eigenvalue weighted by atomic mass is 16.7. The Hall–Kier alpha value is -0.160. The van der Waals surface area contributed by atoms with Gasteiger partial charge in [0.2, 0.25) is 5.79 Å². The van der Waals surface area contributed by atoms with Gasteiger partial charge >= 0.3 is 0 Å². The zero-order chi connectivity index (χ0) is 6.91. The smallest absolute Gasteiger partial charge is 0.211 e. The molecule has 4 nitrogen and oxygen atoms in total. The Kier molecular flexibility index (Phi) is 1.72. The highest BCUT2D eigenvalue weighted by molar-refractivity contribution is 4.65. The lowest BCUT2D eigenvalue weighted by atomic mass is 10.3. The minimum atomic E-state index is -1.79. The molecule has 1 saturated heterocycles. The number of rotatable bonds is 0. The first kappa shape index (κ1) is 6.95. The van der Waals surface area contributed by atoms with Gasteiger partial charge in [0.1, 0.15) is 13.2 Å². The van der Waals surface area contributed by atoms with Crippen LogP contribution in [0, 0.1) is 0 Å². The molecule has 0 unspecified atom stereocenters. The molecule has 0 aromatic heterocycles. The van der Waals surface area contributed by atoms with Crippen LogP contribution in [-0.2, 0) is 9.47 Å². The maximum absolute atomic E-state index is 8.80. The lowest BCUT2D eigenvalue weighted by Gasteiger charge is -2.30. The first-order valence-electron chi connectivity index (χ1n) is 2.78. The second kappa shape index (κ2) is 2.22. The van der Waals surface area contributed by atoms with Crippen LogP contribution >= 0.6 is 0 Å². The molecule has 0 aromatic carbocycles. The Balaban J connectivity index is 2.35. The largest absolute Gasteiger partial charge is 0.362 e. The predicted molar refractivity (Wildman–Crippen MR) is 28.5 cm³/mol. The monoisotopic (exact) mass is 134 g/mol. The van der Waals surface area contributed by atoms with E-state index in [-0.39, 0.29) is 19.5 Å². The van der Waals surface area contributed by atoms with E-state index in [1.807, 2.05) is 0 Å². The molecule has 1 rings (SSSR count). The number of hydrogen-bond acceptors (Lipinski definition) is 4. The van der Waals surface area contributed by atoms with E-state index in [0.717, 1.165) is 0 Å². The maximum Gasteiger partial charge on any atom is 0.211 e. The second-order valence-corrected chi connectivity index (χ2v) is 2.17. The minimum absolute atomic E-state index is 0.0752. The van der Waals surface area contributed by atoms with Crippen LogP contribution in [0.15, 0.2) is 0 Å². The Labute approximate surface area is 53.0 Å². The van der Waals surface area contributed by atoms with Crippen molar-refractivity contribution in [2.75, 3.05) is 13.2 Å². The van der Waals surface area contributed by atoms with E-state index in [0.29, 0.717) is 0 Å². The van der Waals surface area contributed by atoms with Crippen molar-refractivity contribution in [1.82, 2.24) is 0 Å². The lowest BCUT2D eigenvalue weighted by molar-refractivity contribution is -0.315. The summed E-state index contributed by atoms with van der Waals surface area (Å²) in [6.45, 7) is 1.55. The molecule has 1 aliphatic heterocycles. The van der Waals surface area contributed by atoms with Crippen molar-refractivity contribution in [2.45, 2.75) is 19.0 Å². The first-order valence-corrected chi connectivity index (χ1v) is 2.78. The van der Waals surface area contributed by atoms with Crippen LogP contribution in [0.2, 0.25) is 0 Å². The summed E-state index contributed by atoms with van der Waals surface area (Å²) in [5.74, 6) is -1.79. The molecule has 0 spiro atoms. The van der Waals surface area contributed by atoms with Gasteiger partial charge in [-0.3, -0.25) is 0 Å². The molecule has 1 heterocycles. The third-order valence-corrected chi connectivity index (χ3v) is 1.10. The van der Waals surface area contributed by atoms with E-state index in [1.165, 1.54) is 0 Å². The number of ether oxygens (including phenoxy) is 2. The summed E-state index contributed by atoms with van der Waals surface area (Å²) < 4.78 is 9.54. The Morgan fingerprint density at radius 2 is 1.78 bits per heavy atom. The van der Waals surface area contributed by atoms with Crippen LogP contribution in [0.4, 0.5) is 0 Å². The summed E-state index contributed by atoms with van der Waals surface area (Å²) in [5.41, 5.74) is 0. The lowest BCUT2D eigenvalue weighted by Crippen LogP contribution is -2.46. The van der Waals surface area contributed by atoms with Gasteiger partial charge in [-0.15, -0.1) is 0 Å². The molecule has 0 aliphatic carbocycles. The molecular weight excluding hydrogens is 124 g/mol. The van der Waals surface area contributed by atoms with Crippen LogP contribution in [0.3, 0.4) is 0 Å². The van der Waals surface area contributed by atoms with Gasteiger partial charge in [0.15, 0.2) is 6.29 Å². The van der Waals surface area contributed by atoms with Gasteiger partial charge in [-0.2, -0.15) is 0 Å². The van der Waals surface area contributed by atoms with E-state index >= 15 is 0 Å². The average Bonchev–Trinajstić information content (AvgIpc) is 1.78. The van der Waals surface area contributed by atoms with Crippen molar-refractivity contribution < 1.29 is 19.7 Å². The van der Waals surface area contributed by atoms with Crippen molar-refractivity contribution in [3.05, 3.63) is 0 Å². The molecule has 9 heavy (non-hydrogen) atoms. The van der Waals surface area contributed by atoms with Crippen LogP contribution in [-0.4, -0.2) is 35.5 Å². The van der Waals surface area contributed by atoms with Gasteiger partial charge < -0.3 is 19.7 Å². The summed E-state index contributed by atoms with van der Waals surface area (Å²) in [6.07, 6.45) is -0.322. The Bertz CT molecular complexity index is 91.1. The van der Waals surface area contributed by atoms with Crippen molar-refractivity contribution in [3.63, 3.8) is 0 Å². The fourth-order valence-electron chi connectivity index (χ4n) is 0.591. The molecule has 0 saturated carbocycles. The fraction of sp³-hybridized carbons (Fsp3) is 1.00. The first-order chi connectivity index (χ1) is 4.10. The molecule has 0 radical (unpaired) electrons. The minimum Gasteiger partial charge on any atom is -0.362 e. The fourth-order valence-corrected chi connectivity index (χ4v) is 0.591. The summed E-state index contributed by atoms with van der Waals surface area (Å²) >= 11 is 0. The molecule has 1 aliphatic rings. The van der Waals surface area contributed by atoms with Gasteiger partial charge in [0.25, 0.3) is 0 Å². The third kappa shape index (κ3) is 1.91. The molecule has 4 heteroatoms. The third-order valence-electron chi connectivity index (χ3n) is 1.10. The van der Waals surface area contributed by atoms with Crippen LogP contribution in [0.25, 0.3) is 0 Å². The quantitative estimate of drug-likeness (QED) is 0.420. The van der Waals surface area contributed by atoms with E-state index < -0.39 is 5.79 Å². The Morgan fingerprint density at radius 1 is 1.33 bits per heavy atom. The van der Waals surface area contributed by atoms with Gasteiger partial charge in [-0.05, 0) is 6.92 Å². The molecule has 2 N–H and O–H groups in total. The van der Waals surface area contributed by atoms with Crippen LogP contribution in [0.1, 0.15) is 6.92 Å². The average molecular weight is 134 g/mol. The molecule has 0 amide bonds. The Morgan fingerprint density at radius 3 is 2.11 bits per heavy atom. The van der Waals surface area contributed by atoms with E-state index in [2.05, 4.69) is 0 Å². The number of hydrogen-bond donors (Lipinski definition) is 2. The van der Waals surface area contributed by atoms with Gasteiger partial charge in [0, 0.05) is 0 Å². The zero-order valence-corrected chi connectivity index (χ0v) is 5.20. The standard InChI is InChI=1S/C5H10O4/c1-4-8-2-5(6,7)3-9-4/h4,6-7H,2-3H2,1H3. The van der Waals surface area contributed by atoms with Crippen molar-refractivity contribution >= 4 is 0 Å². The van der Waals surface area contributed by atoms with E-state index in [9.17, 15) is 0 Å². The van der Waals surface area contributed by atoms with Crippen LogP contribution < -0.4 is 0 Å². The highest BCUT2D eigenvalue weighted by Crippen LogP contribution is 2.11. The molecular formula is C5H10O4. The van der Waals surface area contributed by atoms with Crippen molar-refractivity contribution in [2.24, 2.45) is 0 Å². The summed E-state index contributed by atoms with van der Waals surface area (Å²) in [7, 11) is 0. The van der Waals surface area contributed by atoms with Crippen molar-refractivity contribution in [1.29, 1.82) is 0 Å². The van der Waals surface area contributed by atoms with Crippen molar-refractivity contribution in [3.8, 4) is 0 Å². The normalized spacial score (nSPS) is 28.3. The predicted octanol–water partition coefficient (Wildman–Crippen LogP) is -0.940. The molecule has 54 valence electrons. The molecule has 0 aromatic rings. The van der Waals surface area contributed by atoms with Crippen LogP contribution in [0.5, 0.6) is 0 Å². The summed E-state index contributed by atoms with van der Waals surface area (Å²) in [5, 5.41) is 17.6. The molecule has 0 bridgehead atoms. The van der Waals surface area contributed by atoms with E-state index in [1.54, 1.807) is 6.92 Å². The SMILES string of the molecule is CC1OCC(O)(O)CO1. The molecule has 0 atom stereocenters. The summed E-state index contributed by atoms with van der Waals surface area (Å²) in [6, 6.07) is 0. The highest BCUT2D eigenvalue weighted by Gasteiger charge is 2.30. The summed E-state index contributed by atoms with van der Waals surface area (Å²) in [4.78, 5) is 0.